The van der Waals surface area contributed by atoms with Crippen LogP contribution in [0.1, 0.15) is 71.3 Å². The molecular formula is C26H30N2O3S. The van der Waals surface area contributed by atoms with Gasteiger partial charge in [-0.25, -0.2) is 4.99 Å². The van der Waals surface area contributed by atoms with E-state index in [0.29, 0.717) is 11.5 Å². The molecular weight excluding hydrogens is 420 g/mol. The molecule has 0 unspecified atom stereocenters. The number of ether oxygens (including phenoxy) is 2. The van der Waals surface area contributed by atoms with Gasteiger partial charge in [-0.3, -0.25) is 4.79 Å². The van der Waals surface area contributed by atoms with Crippen LogP contribution in [-0.2, 0) is 12.8 Å². The Morgan fingerprint density at radius 3 is 2.81 bits per heavy atom. The molecule has 5 nitrogen and oxygen atoms in total. The first-order valence-corrected chi connectivity index (χ1v) is 12.2. The van der Waals surface area contributed by atoms with Crippen LogP contribution in [-0.4, -0.2) is 31.9 Å². The summed E-state index contributed by atoms with van der Waals surface area (Å²) in [6.45, 7) is 0.185. The van der Waals surface area contributed by atoms with Gasteiger partial charge >= 0.3 is 0 Å². The molecule has 1 aromatic heterocycles. The zero-order valence-corrected chi connectivity index (χ0v) is 19.4. The molecule has 6 heteroatoms. The Labute approximate surface area is 194 Å². The average Bonchev–Trinajstić information content (AvgIpc) is 3.20. The number of hydrogen-bond donors (Lipinski definition) is 1. The number of methoxy groups -OCH3 is 1. The molecule has 2 aliphatic rings. The molecule has 0 atom stereocenters. The van der Waals surface area contributed by atoms with Crippen molar-refractivity contribution in [2.24, 2.45) is 4.99 Å². The normalized spacial score (nSPS) is 16.4. The van der Waals surface area contributed by atoms with E-state index in [1.807, 2.05) is 18.2 Å². The van der Waals surface area contributed by atoms with Crippen molar-refractivity contribution >= 4 is 28.5 Å². The summed E-state index contributed by atoms with van der Waals surface area (Å²) in [5.41, 5.74) is 2.87. The van der Waals surface area contributed by atoms with Gasteiger partial charge < -0.3 is 14.8 Å². The maximum atomic E-state index is 13.3. The third-order valence-corrected chi connectivity index (χ3v) is 7.35. The highest BCUT2D eigenvalue weighted by molar-refractivity contribution is 7.16. The number of amides is 1. The Bertz CT molecular complexity index is 1030. The van der Waals surface area contributed by atoms with Crippen molar-refractivity contribution in [3.8, 4) is 23.8 Å². The second kappa shape index (κ2) is 10.7. The van der Waals surface area contributed by atoms with Crippen LogP contribution in [0.25, 0.3) is 0 Å². The molecule has 1 fully saturated rings. The van der Waals surface area contributed by atoms with Crippen LogP contribution in [0.3, 0.4) is 0 Å². The monoisotopic (exact) mass is 450 g/mol. The van der Waals surface area contributed by atoms with Crippen LogP contribution < -0.4 is 14.8 Å². The molecule has 1 heterocycles. The number of nitrogens with zero attached hydrogens (tertiary/aromatic N) is 1. The Hall–Kier alpha value is -2.78. The van der Waals surface area contributed by atoms with Gasteiger partial charge in [0, 0.05) is 17.1 Å². The van der Waals surface area contributed by atoms with E-state index in [9.17, 15) is 4.79 Å². The number of aliphatic imine (C=N–C) groups is 1. The Morgan fingerprint density at radius 2 is 2.03 bits per heavy atom. The van der Waals surface area contributed by atoms with Crippen LogP contribution in [0.15, 0.2) is 23.2 Å². The van der Waals surface area contributed by atoms with Crippen molar-refractivity contribution in [3.63, 3.8) is 0 Å². The summed E-state index contributed by atoms with van der Waals surface area (Å²) in [5.74, 6) is 3.70. The fraction of sp³-hybridized carbons (Fsp3) is 0.462. The fourth-order valence-corrected chi connectivity index (χ4v) is 5.75. The molecule has 1 aromatic carbocycles. The summed E-state index contributed by atoms with van der Waals surface area (Å²) >= 11 is 1.66. The molecule has 168 valence electrons. The SMILES string of the molecule is C#CCOc1ccc(/C=N\c2sc3c(c2C(=O)NC2CCCCC2)CCCC3)cc1OC. The molecule has 4 rings (SSSR count). The zero-order valence-electron chi connectivity index (χ0n) is 18.6. The minimum Gasteiger partial charge on any atom is -0.493 e. The van der Waals surface area contributed by atoms with Crippen LogP contribution in [0.4, 0.5) is 5.00 Å². The molecule has 2 aliphatic carbocycles. The third kappa shape index (κ3) is 5.16. The van der Waals surface area contributed by atoms with Crippen LogP contribution in [0.5, 0.6) is 11.5 Å². The number of thiophene rings is 1. The van der Waals surface area contributed by atoms with Gasteiger partial charge in [0.25, 0.3) is 5.91 Å². The lowest BCUT2D eigenvalue weighted by molar-refractivity contribution is 0.0927. The predicted octanol–water partition coefficient (Wildman–Crippen LogP) is 5.46. The van der Waals surface area contributed by atoms with Crippen molar-refractivity contribution in [2.45, 2.75) is 63.8 Å². The summed E-state index contributed by atoms with van der Waals surface area (Å²) in [5, 5.41) is 4.10. The summed E-state index contributed by atoms with van der Waals surface area (Å²) in [6, 6.07) is 5.89. The van der Waals surface area contributed by atoms with Gasteiger partial charge in [-0.15, -0.1) is 17.8 Å². The van der Waals surface area contributed by atoms with Gasteiger partial charge in [-0.2, -0.15) is 0 Å². The number of fused-ring (bicyclic) bond motifs is 1. The minimum absolute atomic E-state index is 0.0408. The first kappa shape index (κ1) is 22.4. The fourth-order valence-electron chi connectivity index (χ4n) is 4.52. The van der Waals surface area contributed by atoms with Crippen LogP contribution in [0, 0.1) is 12.3 Å². The molecule has 0 aliphatic heterocycles. The van der Waals surface area contributed by atoms with Gasteiger partial charge in [0.2, 0.25) is 0 Å². The molecule has 2 aromatic rings. The summed E-state index contributed by atoms with van der Waals surface area (Å²) in [4.78, 5) is 19.4. The van der Waals surface area contributed by atoms with E-state index in [4.69, 9.17) is 20.9 Å². The number of terminal acetylenes is 1. The maximum absolute atomic E-state index is 13.3. The quantitative estimate of drug-likeness (QED) is 0.450. The highest BCUT2D eigenvalue weighted by atomic mass is 32.1. The van der Waals surface area contributed by atoms with E-state index in [1.165, 1.54) is 36.1 Å². The largest absolute Gasteiger partial charge is 0.493 e. The maximum Gasteiger partial charge on any atom is 0.254 e. The first-order valence-electron chi connectivity index (χ1n) is 11.4. The highest BCUT2D eigenvalue weighted by Gasteiger charge is 2.27. The van der Waals surface area contributed by atoms with Crippen molar-refractivity contribution < 1.29 is 14.3 Å². The minimum atomic E-state index is 0.0408. The second-order valence-electron chi connectivity index (χ2n) is 8.36. The topological polar surface area (TPSA) is 59.9 Å². The predicted molar refractivity (Wildman–Crippen MR) is 130 cm³/mol. The highest BCUT2D eigenvalue weighted by Crippen LogP contribution is 2.40. The standard InChI is InChI=1S/C26H30N2O3S/c1-3-15-31-21-14-13-18(16-22(21)30-2)17-27-26-24(20-11-7-8-12-23(20)32-26)25(29)28-19-9-5-4-6-10-19/h1,13-14,16-17,19H,4-12,15H2,2H3,(H,28,29)/b27-17-. The number of carbonyl (C=O) groups is 1. The molecule has 32 heavy (non-hydrogen) atoms. The number of rotatable bonds is 7. The van der Waals surface area contributed by atoms with E-state index in [1.54, 1.807) is 24.7 Å². The van der Waals surface area contributed by atoms with E-state index in [0.717, 1.165) is 48.2 Å². The third-order valence-electron chi connectivity index (χ3n) is 6.15. The average molecular weight is 451 g/mol. The van der Waals surface area contributed by atoms with Crippen molar-refractivity contribution in [2.75, 3.05) is 13.7 Å². The van der Waals surface area contributed by atoms with E-state index >= 15 is 0 Å². The number of nitrogens with one attached hydrogen (secondary N) is 1. The number of carbonyl (C=O) groups excluding carboxylic acids is 1. The second-order valence-corrected chi connectivity index (χ2v) is 9.44. The smallest absolute Gasteiger partial charge is 0.254 e. The molecule has 1 saturated carbocycles. The van der Waals surface area contributed by atoms with Crippen molar-refractivity contribution in [3.05, 3.63) is 39.8 Å². The summed E-state index contributed by atoms with van der Waals surface area (Å²) < 4.78 is 10.9. The van der Waals surface area contributed by atoms with Crippen LogP contribution >= 0.6 is 11.3 Å². The molecule has 0 bridgehead atoms. The Balaban J connectivity index is 1.59. The summed E-state index contributed by atoms with van der Waals surface area (Å²) in [6.07, 6.45) is 17.2. The lowest BCUT2D eigenvalue weighted by Crippen LogP contribution is -2.36. The van der Waals surface area contributed by atoms with Crippen molar-refractivity contribution in [1.82, 2.24) is 5.32 Å². The van der Waals surface area contributed by atoms with Crippen molar-refractivity contribution in [1.29, 1.82) is 0 Å². The number of benzene rings is 1. The molecule has 0 saturated heterocycles. The molecule has 0 spiro atoms. The molecule has 1 N–H and O–H groups in total. The van der Waals surface area contributed by atoms with E-state index in [-0.39, 0.29) is 18.6 Å². The van der Waals surface area contributed by atoms with E-state index < -0.39 is 0 Å². The Morgan fingerprint density at radius 1 is 1.22 bits per heavy atom. The van der Waals surface area contributed by atoms with E-state index in [2.05, 4.69) is 11.2 Å². The van der Waals surface area contributed by atoms with Gasteiger partial charge in [-0.05, 0) is 67.9 Å². The Kier molecular flexibility index (Phi) is 7.49. The first-order chi connectivity index (χ1) is 15.7. The number of aryl methyl sites for hydroxylation is 1. The number of hydrogen-bond acceptors (Lipinski definition) is 5. The lowest BCUT2D eigenvalue weighted by Gasteiger charge is -2.23. The van der Waals surface area contributed by atoms with Gasteiger partial charge in [0.1, 0.15) is 11.6 Å². The zero-order chi connectivity index (χ0) is 22.3. The lowest BCUT2D eigenvalue weighted by atomic mass is 9.93. The summed E-state index contributed by atoms with van der Waals surface area (Å²) in [7, 11) is 1.60. The van der Waals surface area contributed by atoms with Gasteiger partial charge in [0.05, 0.1) is 12.7 Å². The van der Waals surface area contributed by atoms with Gasteiger partial charge in [0.15, 0.2) is 11.5 Å². The van der Waals surface area contributed by atoms with Crippen LogP contribution in [0.2, 0.25) is 0 Å². The molecule has 0 radical (unpaired) electrons. The van der Waals surface area contributed by atoms with Gasteiger partial charge in [-0.1, -0.05) is 25.2 Å². The molecule has 1 amide bonds.